The molecular formula is C20H26FN3O4S. The van der Waals surface area contributed by atoms with Crippen molar-refractivity contribution in [3.63, 3.8) is 0 Å². The van der Waals surface area contributed by atoms with Crippen molar-refractivity contribution in [3.05, 3.63) is 23.5 Å². The average Bonchev–Trinajstić information content (AvgIpc) is 3.14. The lowest BCUT2D eigenvalue weighted by molar-refractivity contribution is -0.00473. The molecule has 1 N–H and O–H groups in total. The molecule has 0 radical (unpaired) electrons. The average molecular weight is 424 g/mol. The van der Waals surface area contributed by atoms with Crippen molar-refractivity contribution in [2.75, 3.05) is 33.4 Å². The minimum Gasteiger partial charge on any atom is -0.484 e. The van der Waals surface area contributed by atoms with Crippen LogP contribution in [0.5, 0.6) is 5.75 Å². The largest absolute Gasteiger partial charge is 0.484 e. The van der Waals surface area contributed by atoms with Gasteiger partial charge >= 0.3 is 6.03 Å². The van der Waals surface area contributed by atoms with Gasteiger partial charge in [0.15, 0.2) is 0 Å². The number of nitrogens with one attached hydrogen (secondary N) is 1. The summed E-state index contributed by atoms with van der Waals surface area (Å²) in [5.41, 5.74) is 2.35. The van der Waals surface area contributed by atoms with Crippen molar-refractivity contribution in [2.24, 2.45) is 0 Å². The first-order valence-electron chi connectivity index (χ1n) is 9.97. The number of fused-ring (bicyclic) bond motifs is 1. The highest BCUT2D eigenvalue weighted by atomic mass is 32.1. The molecule has 4 rings (SSSR count). The molecule has 1 aromatic carbocycles. The molecule has 1 aliphatic carbocycles. The second kappa shape index (κ2) is 9.23. The fourth-order valence-electron chi connectivity index (χ4n) is 3.79. The number of rotatable bonds is 7. The zero-order chi connectivity index (χ0) is 20.2. The number of halogens is 1. The van der Waals surface area contributed by atoms with Gasteiger partial charge in [0.05, 0.1) is 42.6 Å². The molecule has 2 amide bonds. The van der Waals surface area contributed by atoms with Crippen LogP contribution in [-0.4, -0.2) is 67.6 Å². The number of methoxy groups -OCH3 is 1. The number of amides is 2. The van der Waals surface area contributed by atoms with Crippen LogP contribution in [0.15, 0.2) is 17.6 Å². The summed E-state index contributed by atoms with van der Waals surface area (Å²) in [6.07, 6.45) is 3.85. The van der Waals surface area contributed by atoms with E-state index in [2.05, 4.69) is 10.3 Å². The van der Waals surface area contributed by atoms with E-state index in [1.165, 1.54) is 23.5 Å². The molecule has 29 heavy (non-hydrogen) atoms. The lowest BCUT2D eigenvalue weighted by Crippen LogP contribution is -2.60. The maximum Gasteiger partial charge on any atom is 0.317 e. The lowest BCUT2D eigenvalue weighted by Gasteiger charge is -2.40. The molecule has 2 aromatic rings. The highest BCUT2D eigenvalue weighted by Gasteiger charge is 2.34. The summed E-state index contributed by atoms with van der Waals surface area (Å²) in [4.78, 5) is 18.4. The van der Waals surface area contributed by atoms with Crippen LogP contribution in [0.3, 0.4) is 0 Å². The van der Waals surface area contributed by atoms with Gasteiger partial charge in [-0.05, 0) is 31.7 Å². The van der Waals surface area contributed by atoms with Crippen molar-refractivity contribution in [2.45, 2.75) is 43.9 Å². The van der Waals surface area contributed by atoms with Crippen LogP contribution >= 0.6 is 11.3 Å². The van der Waals surface area contributed by atoms with E-state index < -0.39 is 0 Å². The summed E-state index contributed by atoms with van der Waals surface area (Å²) in [6.45, 7) is 2.21. The molecular weight excluding hydrogens is 397 g/mol. The Kier molecular flexibility index (Phi) is 6.46. The third-order valence-electron chi connectivity index (χ3n) is 5.44. The predicted molar refractivity (Wildman–Crippen MR) is 108 cm³/mol. The van der Waals surface area contributed by atoms with Gasteiger partial charge in [-0.2, -0.15) is 0 Å². The van der Waals surface area contributed by atoms with Gasteiger partial charge in [-0.1, -0.05) is 0 Å². The number of ether oxygens (including phenoxy) is 3. The molecule has 0 spiro atoms. The topological polar surface area (TPSA) is 72.9 Å². The molecule has 1 aliphatic heterocycles. The fourth-order valence-corrected chi connectivity index (χ4v) is 4.51. The van der Waals surface area contributed by atoms with Crippen molar-refractivity contribution in [1.29, 1.82) is 0 Å². The van der Waals surface area contributed by atoms with E-state index in [9.17, 15) is 9.18 Å². The van der Waals surface area contributed by atoms with E-state index in [0.29, 0.717) is 37.6 Å². The Bertz CT molecular complexity index is 834. The molecule has 0 atom stereocenters. The van der Waals surface area contributed by atoms with Crippen LogP contribution in [0.2, 0.25) is 0 Å². The first kappa shape index (κ1) is 20.3. The van der Waals surface area contributed by atoms with Crippen molar-refractivity contribution in [1.82, 2.24) is 15.2 Å². The molecule has 1 aromatic heterocycles. The summed E-state index contributed by atoms with van der Waals surface area (Å²) in [7, 11) is 1.67. The molecule has 0 bridgehead atoms. The highest BCUT2D eigenvalue weighted by Crippen LogP contribution is 2.30. The molecule has 1 saturated heterocycles. The van der Waals surface area contributed by atoms with E-state index in [1.807, 2.05) is 0 Å². The number of hydrogen-bond donors (Lipinski definition) is 1. The van der Waals surface area contributed by atoms with Gasteiger partial charge in [0.1, 0.15) is 23.2 Å². The van der Waals surface area contributed by atoms with E-state index in [4.69, 9.17) is 14.2 Å². The van der Waals surface area contributed by atoms with Crippen molar-refractivity contribution in [3.8, 4) is 5.75 Å². The number of aromatic nitrogens is 1. The molecule has 0 unspecified atom stereocenters. The molecule has 2 heterocycles. The third kappa shape index (κ3) is 4.96. The Morgan fingerprint density at radius 3 is 2.79 bits per heavy atom. The van der Waals surface area contributed by atoms with Crippen LogP contribution in [0.4, 0.5) is 9.18 Å². The number of thiazole rings is 1. The summed E-state index contributed by atoms with van der Waals surface area (Å²) >= 11 is 1.38. The van der Waals surface area contributed by atoms with Crippen LogP contribution in [0, 0.1) is 5.82 Å². The first-order chi connectivity index (χ1) is 14.1. The van der Waals surface area contributed by atoms with Gasteiger partial charge < -0.3 is 24.4 Å². The van der Waals surface area contributed by atoms with Crippen LogP contribution < -0.4 is 10.1 Å². The number of urea groups is 1. The normalized spacial score (nSPS) is 22.5. The van der Waals surface area contributed by atoms with Crippen molar-refractivity contribution >= 4 is 27.6 Å². The Labute approximate surface area is 173 Å². The van der Waals surface area contributed by atoms with Crippen LogP contribution in [0.1, 0.15) is 25.7 Å². The van der Waals surface area contributed by atoms with Gasteiger partial charge in [0.25, 0.3) is 0 Å². The van der Waals surface area contributed by atoms with Gasteiger partial charge in [-0.15, -0.1) is 11.3 Å². The highest BCUT2D eigenvalue weighted by molar-refractivity contribution is 7.16. The number of carbonyl (C=O) groups excluding carboxylic acids is 1. The predicted octanol–water partition coefficient (Wildman–Crippen LogP) is 3.18. The van der Waals surface area contributed by atoms with Gasteiger partial charge in [0, 0.05) is 19.2 Å². The SMILES string of the molecule is COCCOC1CCC(NC(=O)N2CC(Oc3cc(F)cc4scnc34)C2)CC1. The molecule has 9 heteroatoms. The van der Waals surface area contributed by atoms with Crippen LogP contribution in [0.25, 0.3) is 10.2 Å². The van der Waals surface area contributed by atoms with E-state index in [1.54, 1.807) is 17.5 Å². The minimum absolute atomic E-state index is 0.0633. The number of likely N-dealkylation sites (tertiary alicyclic amines) is 1. The molecule has 7 nitrogen and oxygen atoms in total. The zero-order valence-electron chi connectivity index (χ0n) is 16.4. The summed E-state index contributed by atoms with van der Waals surface area (Å²) in [5.74, 6) is 0.102. The second-order valence-electron chi connectivity index (χ2n) is 7.53. The molecule has 1 saturated carbocycles. The summed E-state index contributed by atoms with van der Waals surface area (Å²) in [5, 5.41) is 3.11. The summed E-state index contributed by atoms with van der Waals surface area (Å²) in [6, 6.07) is 2.93. The number of nitrogens with zero attached hydrogens (tertiary/aromatic N) is 2. The molecule has 158 valence electrons. The quantitative estimate of drug-likeness (QED) is 0.693. The number of carbonyl (C=O) groups is 1. The summed E-state index contributed by atoms with van der Waals surface area (Å²) < 4.78 is 31.2. The zero-order valence-corrected chi connectivity index (χ0v) is 17.3. The van der Waals surface area contributed by atoms with Crippen LogP contribution in [-0.2, 0) is 9.47 Å². The Balaban J connectivity index is 1.19. The molecule has 2 aliphatic rings. The second-order valence-corrected chi connectivity index (χ2v) is 8.42. The number of hydrogen-bond acceptors (Lipinski definition) is 6. The molecule has 2 fully saturated rings. The third-order valence-corrected chi connectivity index (χ3v) is 6.21. The van der Waals surface area contributed by atoms with Crippen molar-refractivity contribution < 1.29 is 23.4 Å². The Hall–Kier alpha value is -1.97. The van der Waals surface area contributed by atoms with E-state index in [-0.39, 0.29) is 30.1 Å². The fraction of sp³-hybridized carbons (Fsp3) is 0.600. The maximum absolute atomic E-state index is 13.7. The first-order valence-corrected chi connectivity index (χ1v) is 10.9. The monoisotopic (exact) mass is 423 g/mol. The Morgan fingerprint density at radius 2 is 2.03 bits per heavy atom. The van der Waals surface area contributed by atoms with Gasteiger partial charge in [0.2, 0.25) is 0 Å². The Morgan fingerprint density at radius 1 is 1.24 bits per heavy atom. The standard InChI is InChI=1S/C20H26FN3O4S/c1-26-6-7-27-15-4-2-14(3-5-15)23-20(25)24-10-16(11-24)28-17-8-13(21)9-18-19(17)22-12-29-18/h8-9,12,14-16H,2-7,10-11H2,1H3,(H,23,25). The minimum atomic E-state index is -0.340. The van der Waals surface area contributed by atoms with E-state index in [0.717, 1.165) is 30.4 Å². The smallest absolute Gasteiger partial charge is 0.317 e. The lowest BCUT2D eigenvalue weighted by atomic mass is 9.93. The van der Waals surface area contributed by atoms with E-state index >= 15 is 0 Å². The maximum atomic E-state index is 13.7. The number of benzene rings is 1. The van der Waals surface area contributed by atoms with Gasteiger partial charge in [-0.3, -0.25) is 0 Å². The van der Waals surface area contributed by atoms with Gasteiger partial charge in [-0.25, -0.2) is 14.2 Å².